The van der Waals surface area contributed by atoms with Crippen molar-refractivity contribution >= 4 is 16.6 Å². The first-order chi connectivity index (χ1) is 11.2. The van der Waals surface area contributed by atoms with Crippen molar-refractivity contribution in [3.8, 4) is 6.07 Å². The predicted molar refractivity (Wildman–Crippen MR) is 88.2 cm³/mol. The number of rotatable bonds is 1. The zero-order valence-electron chi connectivity index (χ0n) is 13.1. The SMILES string of the molecule is Cc1ccc2c(C#N)c(C)n(C3=CC=C4OCOC4=CC3)c2c1. The van der Waals surface area contributed by atoms with Crippen LogP contribution < -0.4 is 0 Å². The van der Waals surface area contributed by atoms with Crippen molar-refractivity contribution < 1.29 is 9.47 Å². The van der Waals surface area contributed by atoms with Gasteiger partial charge in [0.25, 0.3) is 0 Å². The summed E-state index contributed by atoms with van der Waals surface area (Å²) in [4.78, 5) is 0. The first kappa shape index (κ1) is 13.7. The van der Waals surface area contributed by atoms with Gasteiger partial charge in [0, 0.05) is 23.2 Å². The molecule has 4 heteroatoms. The summed E-state index contributed by atoms with van der Waals surface area (Å²) >= 11 is 0. The summed E-state index contributed by atoms with van der Waals surface area (Å²) in [6.45, 7) is 4.34. The van der Waals surface area contributed by atoms with Gasteiger partial charge in [0.1, 0.15) is 6.07 Å². The van der Waals surface area contributed by atoms with Gasteiger partial charge in [0.05, 0.1) is 11.1 Å². The highest BCUT2D eigenvalue weighted by Crippen LogP contribution is 2.33. The molecule has 0 bridgehead atoms. The van der Waals surface area contributed by atoms with Crippen LogP contribution in [0.15, 0.2) is 47.9 Å². The molecule has 1 aromatic heterocycles. The number of ether oxygens (including phenoxy) is 2. The standard InChI is InChI=1S/C19H16N2O2/c1-12-3-6-15-16(10-20)13(2)21(17(15)9-12)14-4-7-18-19(8-5-14)23-11-22-18/h3-4,6-9H,5,11H2,1-2H3. The quantitative estimate of drug-likeness (QED) is 0.795. The molecule has 1 aliphatic carbocycles. The van der Waals surface area contributed by atoms with Crippen LogP contribution in [0.5, 0.6) is 0 Å². The molecule has 2 heterocycles. The van der Waals surface area contributed by atoms with E-state index >= 15 is 0 Å². The number of hydrogen-bond donors (Lipinski definition) is 0. The van der Waals surface area contributed by atoms with E-state index in [-0.39, 0.29) is 6.79 Å². The fraction of sp³-hybridized carbons (Fsp3) is 0.211. The van der Waals surface area contributed by atoms with E-state index in [1.165, 1.54) is 5.56 Å². The minimum Gasteiger partial charge on any atom is -0.454 e. The van der Waals surface area contributed by atoms with Crippen LogP contribution in [0.25, 0.3) is 16.6 Å². The summed E-state index contributed by atoms with van der Waals surface area (Å²) in [7, 11) is 0. The lowest BCUT2D eigenvalue weighted by molar-refractivity contribution is 0.0975. The molecule has 0 unspecified atom stereocenters. The number of hydrogen-bond acceptors (Lipinski definition) is 3. The van der Waals surface area contributed by atoms with Gasteiger partial charge in [-0.25, -0.2) is 0 Å². The average Bonchev–Trinajstić information content (AvgIpc) is 3.04. The van der Waals surface area contributed by atoms with E-state index < -0.39 is 0 Å². The van der Waals surface area contributed by atoms with Crippen LogP contribution in [0.2, 0.25) is 0 Å². The zero-order valence-corrected chi connectivity index (χ0v) is 13.1. The number of nitriles is 1. The van der Waals surface area contributed by atoms with Crippen LogP contribution in [0, 0.1) is 25.2 Å². The van der Waals surface area contributed by atoms with Crippen molar-refractivity contribution in [2.75, 3.05) is 6.79 Å². The van der Waals surface area contributed by atoms with Gasteiger partial charge in [-0.3, -0.25) is 0 Å². The second-order valence-electron chi connectivity index (χ2n) is 5.80. The van der Waals surface area contributed by atoms with Gasteiger partial charge in [0.2, 0.25) is 6.79 Å². The van der Waals surface area contributed by atoms with Gasteiger partial charge in [-0.15, -0.1) is 0 Å². The van der Waals surface area contributed by atoms with Crippen LogP contribution >= 0.6 is 0 Å². The average molecular weight is 304 g/mol. The molecule has 23 heavy (non-hydrogen) atoms. The molecule has 1 aromatic carbocycles. The molecule has 114 valence electrons. The van der Waals surface area contributed by atoms with Gasteiger partial charge in [-0.05, 0) is 43.7 Å². The zero-order chi connectivity index (χ0) is 16.0. The summed E-state index contributed by atoms with van der Waals surface area (Å²) in [6.07, 6.45) is 6.74. The number of benzene rings is 1. The number of nitrogens with zero attached hydrogens (tertiary/aromatic N) is 2. The fourth-order valence-corrected chi connectivity index (χ4v) is 3.23. The molecule has 0 spiro atoms. The summed E-state index contributed by atoms with van der Waals surface area (Å²) in [6, 6.07) is 8.55. The molecule has 0 atom stereocenters. The van der Waals surface area contributed by atoms with Gasteiger partial charge < -0.3 is 14.0 Å². The van der Waals surface area contributed by atoms with Crippen molar-refractivity contribution in [1.29, 1.82) is 5.26 Å². The summed E-state index contributed by atoms with van der Waals surface area (Å²) in [5.74, 6) is 1.56. The Morgan fingerprint density at radius 2 is 1.96 bits per heavy atom. The second-order valence-corrected chi connectivity index (χ2v) is 5.80. The maximum Gasteiger partial charge on any atom is 0.231 e. The van der Waals surface area contributed by atoms with E-state index in [2.05, 4.69) is 23.6 Å². The summed E-state index contributed by atoms with van der Waals surface area (Å²) in [5.41, 5.74) is 5.04. The molecule has 0 amide bonds. The minimum absolute atomic E-state index is 0.282. The Labute approximate surface area is 134 Å². The van der Waals surface area contributed by atoms with E-state index in [0.29, 0.717) is 0 Å². The molecular formula is C19H16N2O2. The maximum absolute atomic E-state index is 9.54. The number of fused-ring (bicyclic) bond motifs is 2. The molecule has 0 N–H and O–H groups in total. The van der Waals surface area contributed by atoms with E-state index in [1.54, 1.807) is 0 Å². The Hall–Kier alpha value is -2.93. The lowest BCUT2D eigenvalue weighted by Crippen LogP contribution is -1.99. The van der Waals surface area contributed by atoms with Gasteiger partial charge in [0.15, 0.2) is 11.5 Å². The number of aryl methyl sites for hydroxylation is 1. The molecule has 1 fully saturated rings. The molecule has 4 nitrogen and oxygen atoms in total. The number of allylic oxidation sites excluding steroid dienone is 4. The monoisotopic (exact) mass is 304 g/mol. The Bertz CT molecular complexity index is 952. The highest BCUT2D eigenvalue weighted by Gasteiger charge is 2.21. The highest BCUT2D eigenvalue weighted by atomic mass is 16.7. The molecular weight excluding hydrogens is 288 g/mol. The number of aromatic nitrogens is 1. The molecule has 1 aliphatic heterocycles. The van der Waals surface area contributed by atoms with E-state index in [1.807, 2.05) is 37.3 Å². The van der Waals surface area contributed by atoms with Crippen molar-refractivity contribution in [2.24, 2.45) is 0 Å². The maximum atomic E-state index is 9.54. The Kier molecular flexibility index (Phi) is 3.02. The van der Waals surface area contributed by atoms with Crippen molar-refractivity contribution in [2.45, 2.75) is 20.3 Å². The Morgan fingerprint density at radius 3 is 2.78 bits per heavy atom. The first-order valence-electron chi connectivity index (χ1n) is 7.58. The van der Waals surface area contributed by atoms with Crippen molar-refractivity contribution in [3.05, 3.63) is 64.8 Å². The van der Waals surface area contributed by atoms with Crippen LogP contribution in [0.1, 0.15) is 23.2 Å². The third kappa shape index (κ3) is 2.05. The lowest BCUT2D eigenvalue weighted by Gasteiger charge is -2.11. The van der Waals surface area contributed by atoms with Gasteiger partial charge >= 0.3 is 0 Å². The van der Waals surface area contributed by atoms with Crippen LogP contribution in [-0.4, -0.2) is 11.4 Å². The van der Waals surface area contributed by atoms with Crippen molar-refractivity contribution in [3.63, 3.8) is 0 Å². The van der Waals surface area contributed by atoms with Crippen LogP contribution in [0.3, 0.4) is 0 Å². The molecule has 2 aliphatic rings. The second kappa shape index (κ2) is 5.06. The third-order valence-electron chi connectivity index (χ3n) is 4.36. The minimum atomic E-state index is 0.282. The normalized spacial score (nSPS) is 16.5. The molecule has 1 saturated heterocycles. The molecule has 0 radical (unpaired) electrons. The lowest BCUT2D eigenvalue weighted by atomic mass is 10.1. The van der Waals surface area contributed by atoms with Gasteiger partial charge in [-0.2, -0.15) is 5.26 Å². The smallest absolute Gasteiger partial charge is 0.231 e. The highest BCUT2D eigenvalue weighted by molar-refractivity contribution is 5.91. The van der Waals surface area contributed by atoms with E-state index in [4.69, 9.17) is 9.47 Å². The topological polar surface area (TPSA) is 47.2 Å². The fourth-order valence-electron chi connectivity index (χ4n) is 3.23. The van der Waals surface area contributed by atoms with Gasteiger partial charge in [-0.1, -0.05) is 12.1 Å². The predicted octanol–water partition coefficient (Wildman–Crippen LogP) is 4.15. The Morgan fingerprint density at radius 1 is 1.13 bits per heavy atom. The van der Waals surface area contributed by atoms with Crippen molar-refractivity contribution in [1.82, 2.24) is 4.57 Å². The van der Waals surface area contributed by atoms with Crippen LogP contribution in [-0.2, 0) is 9.47 Å². The largest absolute Gasteiger partial charge is 0.454 e. The summed E-state index contributed by atoms with van der Waals surface area (Å²) < 4.78 is 13.1. The Balaban J connectivity index is 1.95. The third-order valence-corrected chi connectivity index (χ3v) is 4.36. The summed E-state index contributed by atoms with van der Waals surface area (Å²) in [5, 5.41) is 10.5. The molecule has 2 aromatic rings. The van der Waals surface area contributed by atoms with E-state index in [0.717, 1.165) is 45.8 Å². The first-order valence-corrected chi connectivity index (χ1v) is 7.58. The molecule has 4 rings (SSSR count). The molecule has 0 saturated carbocycles. The van der Waals surface area contributed by atoms with Crippen LogP contribution in [0.4, 0.5) is 0 Å². The van der Waals surface area contributed by atoms with E-state index in [9.17, 15) is 5.26 Å².